The number of nitrogens with zero attached hydrogens (tertiary/aromatic N) is 5. The Hall–Kier alpha value is -3.71. The molecule has 1 aromatic heterocycles. The van der Waals surface area contributed by atoms with Gasteiger partial charge in [-0.3, -0.25) is 19.1 Å². The van der Waals surface area contributed by atoms with E-state index in [9.17, 15) is 19.6 Å². The number of likely N-dealkylation sites (N-methyl/N-ethyl adjacent to an activating group) is 1. The lowest BCUT2D eigenvalue weighted by atomic mass is 10.1. The number of aromatic nitrogens is 2. The van der Waals surface area contributed by atoms with Crippen molar-refractivity contribution >= 4 is 23.4 Å². The van der Waals surface area contributed by atoms with Gasteiger partial charge in [0.25, 0.3) is 5.91 Å². The van der Waals surface area contributed by atoms with Gasteiger partial charge >= 0.3 is 0 Å². The lowest BCUT2D eigenvalue weighted by Crippen LogP contribution is -2.48. The Balaban J connectivity index is 1.59. The fraction of sp³-hybridized carbons (Fsp3) is 0.435. The summed E-state index contributed by atoms with van der Waals surface area (Å²) in [6.45, 7) is 2.73. The first-order chi connectivity index (χ1) is 15.8. The molecule has 0 unspecified atom stereocenters. The molecule has 2 aromatic rings. The summed E-state index contributed by atoms with van der Waals surface area (Å²) >= 11 is 0. The quantitative estimate of drug-likeness (QED) is 0.659. The van der Waals surface area contributed by atoms with Gasteiger partial charge in [-0.2, -0.15) is 10.4 Å². The van der Waals surface area contributed by atoms with Crippen molar-refractivity contribution in [2.45, 2.75) is 25.8 Å². The number of benzene rings is 1. The maximum Gasteiger partial charge on any atom is 0.273 e. The third kappa shape index (κ3) is 4.88. The van der Waals surface area contributed by atoms with E-state index in [1.807, 2.05) is 6.92 Å². The molecule has 0 saturated heterocycles. The Kier molecular flexibility index (Phi) is 6.16. The zero-order valence-corrected chi connectivity index (χ0v) is 19.0. The molecule has 0 spiro atoms. The molecule has 1 saturated carbocycles. The summed E-state index contributed by atoms with van der Waals surface area (Å²) < 4.78 is 1.68. The van der Waals surface area contributed by atoms with E-state index < -0.39 is 0 Å². The van der Waals surface area contributed by atoms with Gasteiger partial charge in [0.15, 0.2) is 0 Å². The van der Waals surface area contributed by atoms with Gasteiger partial charge in [0, 0.05) is 18.0 Å². The average molecular weight is 450 g/mol. The number of rotatable bonds is 7. The number of hydrogen-bond acceptors (Lipinski definition) is 6. The maximum absolute atomic E-state index is 13.1. The number of amides is 3. The zero-order valence-electron chi connectivity index (χ0n) is 19.0. The molecule has 0 radical (unpaired) electrons. The first-order valence-corrected chi connectivity index (χ1v) is 10.9. The SMILES string of the molecule is C[C@H]1CN(CNC(=O)CN(C)C)C(=O)c2cc(-c3ccc(C#N)cc3NC(=O)C3CC3)nn21. The Morgan fingerprint density at radius 2 is 2.03 bits per heavy atom. The Morgan fingerprint density at radius 3 is 2.70 bits per heavy atom. The number of carbonyl (C=O) groups is 3. The summed E-state index contributed by atoms with van der Waals surface area (Å²) in [5, 5.41) is 19.6. The van der Waals surface area contributed by atoms with E-state index in [0.717, 1.165) is 12.8 Å². The number of anilines is 1. The van der Waals surface area contributed by atoms with E-state index in [4.69, 9.17) is 0 Å². The van der Waals surface area contributed by atoms with E-state index in [2.05, 4.69) is 21.8 Å². The molecule has 1 aliphatic heterocycles. The highest BCUT2D eigenvalue weighted by molar-refractivity contribution is 5.99. The summed E-state index contributed by atoms with van der Waals surface area (Å²) in [5.74, 6) is -0.445. The number of hydrogen-bond donors (Lipinski definition) is 2. The van der Waals surface area contributed by atoms with Crippen LogP contribution in [0.1, 0.15) is 41.9 Å². The van der Waals surface area contributed by atoms with Gasteiger partial charge in [-0.25, -0.2) is 0 Å². The van der Waals surface area contributed by atoms with Crippen molar-refractivity contribution in [1.82, 2.24) is 24.9 Å². The Labute approximate surface area is 192 Å². The van der Waals surface area contributed by atoms with Gasteiger partial charge < -0.3 is 20.4 Å². The van der Waals surface area contributed by atoms with Crippen molar-refractivity contribution < 1.29 is 14.4 Å². The van der Waals surface area contributed by atoms with E-state index >= 15 is 0 Å². The van der Waals surface area contributed by atoms with Crippen LogP contribution in [-0.4, -0.2) is 71.2 Å². The Bertz CT molecular complexity index is 1140. The van der Waals surface area contributed by atoms with Crippen LogP contribution >= 0.6 is 0 Å². The van der Waals surface area contributed by atoms with E-state index in [-0.39, 0.29) is 42.9 Å². The van der Waals surface area contributed by atoms with Crippen LogP contribution in [-0.2, 0) is 9.59 Å². The summed E-state index contributed by atoms with van der Waals surface area (Å²) in [4.78, 5) is 40.8. The smallest absolute Gasteiger partial charge is 0.273 e. The molecule has 0 bridgehead atoms. The van der Waals surface area contributed by atoms with E-state index in [1.54, 1.807) is 52.8 Å². The second-order valence-electron chi connectivity index (χ2n) is 8.87. The second-order valence-corrected chi connectivity index (χ2v) is 8.87. The van der Waals surface area contributed by atoms with Gasteiger partial charge in [-0.15, -0.1) is 0 Å². The van der Waals surface area contributed by atoms with Gasteiger partial charge in [0.05, 0.1) is 42.3 Å². The minimum Gasteiger partial charge on any atom is -0.337 e. The fourth-order valence-electron chi connectivity index (χ4n) is 3.85. The van der Waals surface area contributed by atoms with Crippen molar-refractivity contribution in [3.63, 3.8) is 0 Å². The molecule has 1 aliphatic carbocycles. The first kappa shape index (κ1) is 22.5. The topological polar surface area (TPSA) is 123 Å². The van der Waals surface area contributed by atoms with Crippen LogP contribution in [0.5, 0.6) is 0 Å². The third-order valence-electron chi connectivity index (χ3n) is 5.70. The Morgan fingerprint density at radius 1 is 1.27 bits per heavy atom. The molecule has 10 heteroatoms. The standard InChI is InChI=1S/C23H27N7O3/c1-14-11-29(13-25-21(31)12-28(2)3)23(33)20-9-19(27-30(14)20)17-7-4-15(10-24)8-18(17)26-22(32)16-5-6-16/h4,7-9,14,16H,5-6,11-13H2,1-3H3,(H,25,31)(H,26,32)/t14-/m0/s1. The largest absolute Gasteiger partial charge is 0.337 e. The molecule has 3 amide bonds. The molecule has 2 heterocycles. The molecule has 33 heavy (non-hydrogen) atoms. The summed E-state index contributed by atoms with van der Waals surface area (Å²) in [6, 6.07) is 8.73. The second kappa shape index (κ2) is 9.03. The van der Waals surface area contributed by atoms with Crippen molar-refractivity contribution in [2.75, 3.05) is 39.2 Å². The van der Waals surface area contributed by atoms with Gasteiger partial charge in [-0.05, 0) is 58.1 Å². The van der Waals surface area contributed by atoms with Gasteiger partial charge in [0.1, 0.15) is 5.69 Å². The molecule has 10 nitrogen and oxygen atoms in total. The predicted octanol–water partition coefficient (Wildman–Crippen LogP) is 1.42. The molecule has 2 aliphatic rings. The monoisotopic (exact) mass is 449 g/mol. The third-order valence-corrected chi connectivity index (χ3v) is 5.70. The van der Waals surface area contributed by atoms with E-state index in [0.29, 0.717) is 34.7 Å². The summed E-state index contributed by atoms with van der Waals surface area (Å²) in [5.41, 5.74) is 2.54. The van der Waals surface area contributed by atoms with Crippen LogP contribution in [0.15, 0.2) is 24.3 Å². The number of nitrogens with one attached hydrogen (secondary N) is 2. The predicted molar refractivity (Wildman–Crippen MR) is 121 cm³/mol. The minimum absolute atomic E-state index is 0.0108. The number of nitriles is 1. The molecule has 1 atom stereocenters. The zero-order chi connectivity index (χ0) is 23.7. The summed E-state index contributed by atoms with van der Waals surface area (Å²) in [6.07, 6.45) is 1.73. The van der Waals surface area contributed by atoms with Crippen molar-refractivity contribution in [3.05, 3.63) is 35.5 Å². The van der Waals surface area contributed by atoms with Crippen LogP contribution in [0, 0.1) is 17.2 Å². The molecule has 1 aromatic carbocycles. The molecule has 1 fully saturated rings. The molecule has 172 valence electrons. The van der Waals surface area contributed by atoms with Crippen LogP contribution in [0.3, 0.4) is 0 Å². The van der Waals surface area contributed by atoms with Crippen LogP contribution in [0.2, 0.25) is 0 Å². The highest BCUT2D eigenvalue weighted by Crippen LogP contribution is 2.34. The van der Waals surface area contributed by atoms with Gasteiger partial charge in [0.2, 0.25) is 11.8 Å². The van der Waals surface area contributed by atoms with Crippen LogP contribution < -0.4 is 10.6 Å². The minimum atomic E-state index is -0.228. The molecule has 4 rings (SSSR count). The highest BCUT2D eigenvalue weighted by Gasteiger charge is 2.33. The average Bonchev–Trinajstić information content (AvgIpc) is 3.53. The normalized spacial score (nSPS) is 17.5. The maximum atomic E-state index is 13.1. The number of carbonyl (C=O) groups excluding carboxylic acids is 3. The van der Waals surface area contributed by atoms with Crippen LogP contribution in [0.25, 0.3) is 11.3 Å². The van der Waals surface area contributed by atoms with Crippen LogP contribution in [0.4, 0.5) is 5.69 Å². The lowest BCUT2D eigenvalue weighted by Gasteiger charge is -2.31. The van der Waals surface area contributed by atoms with Gasteiger partial charge in [-0.1, -0.05) is 0 Å². The van der Waals surface area contributed by atoms with Crippen molar-refractivity contribution in [3.8, 4) is 17.3 Å². The highest BCUT2D eigenvalue weighted by atomic mass is 16.2. The van der Waals surface area contributed by atoms with E-state index in [1.165, 1.54) is 0 Å². The molecule has 2 N–H and O–H groups in total. The molecular formula is C23H27N7O3. The molecular weight excluding hydrogens is 422 g/mol. The van der Waals surface area contributed by atoms with Crippen molar-refractivity contribution in [1.29, 1.82) is 5.26 Å². The lowest BCUT2D eigenvalue weighted by molar-refractivity contribution is -0.122. The van der Waals surface area contributed by atoms with Crippen molar-refractivity contribution in [2.24, 2.45) is 5.92 Å². The number of fused-ring (bicyclic) bond motifs is 1. The first-order valence-electron chi connectivity index (χ1n) is 10.9. The summed E-state index contributed by atoms with van der Waals surface area (Å²) in [7, 11) is 3.61. The fourth-order valence-corrected chi connectivity index (χ4v) is 3.85.